The second-order valence-electron chi connectivity index (χ2n) is 4.92. The Balaban J connectivity index is 1.33. The molecule has 112 valence electrons. The van der Waals surface area contributed by atoms with Gasteiger partial charge in [-0.1, -0.05) is 18.2 Å². The molecule has 0 saturated heterocycles. The second kappa shape index (κ2) is 6.84. The molecule has 2 aromatic rings. The molecule has 1 aromatic carbocycles. The zero-order chi connectivity index (χ0) is 14.5. The molecule has 1 aliphatic rings. The summed E-state index contributed by atoms with van der Waals surface area (Å²) in [5.74, 6) is 1.41. The molecule has 0 amide bonds. The van der Waals surface area contributed by atoms with E-state index in [0.29, 0.717) is 19.0 Å². The van der Waals surface area contributed by atoms with Gasteiger partial charge in [-0.2, -0.15) is 4.37 Å². The highest BCUT2D eigenvalue weighted by molar-refractivity contribution is 6.99. The van der Waals surface area contributed by atoms with Gasteiger partial charge in [0.2, 0.25) is 5.88 Å². The lowest BCUT2D eigenvalue weighted by Gasteiger charge is -2.15. The lowest BCUT2D eigenvalue weighted by Crippen LogP contribution is -2.37. The van der Waals surface area contributed by atoms with Crippen LogP contribution in [0.25, 0.3) is 0 Å². The monoisotopic (exact) mass is 307 g/mol. The lowest BCUT2D eigenvalue weighted by molar-refractivity contribution is 0.101. The minimum absolute atomic E-state index is 0.123. The van der Waals surface area contributed by atoms with E-state index in [1.165, 1.54) is 11.8 Å². The number of benzene rings is 1. The number of fused-ring (bicyclic) bond motifs is 1. The van der Waals surface area contributed by atoms with Gasteiger partial charge in [-0.05, 0) is 11.6 Å². The van der Waals surface area contributed by atoms with Crippen LogP contribution >= 0.6 is 11.7 Å². The van der Waals surface area contributed by atoms with Crippen molar-refractivity contribution in [1.82, 2.24) is 14.1 Å². The van der Waals surface area contributed by atoms with E-state index in [1.807, 2.05) is 18.2 Å². The van der Waals surface area contributed by atoms with Crippen LogP contribution in [0.15, 0.2) is 30.5 Å². The summed E-state index contributed by atoms with van der Waals surface area (Å²) >= 11 is 1.08. The van der Waals surface area contributed by atoms with Crippen LogP contribution in [0.5, 0.6) is 11.6 Å². The van der Waals surface area contributed by atoms with Gasteiger partial charge in [-0.3, -0.25) is 0 Å². The molecule has 2 N–H and O–H groups in total. The number of nitrogens with one attached hydrogen (secondary N) is 1. The fraction of sp³-hybridized carbons (Fsp3) is 0.429. The first kappa shape index (κ1) is 14.2. The van der Waals surface area contributed by atoms with Crippen molar-refractivity contribution in [2.75, 3.05) is 19.7 Å². The summed E-state index contributed by atoms with van der Waals surface area (Å²) < 4.78 is 18.8. The molecule has 1 aromatic heterocycles. The molecule has 7 heteroatoms. The first-order valence-corrected chi connectivity index (χ1v) is 7.58. The molecule has 0 saturated carbocycles. The molecule has 2 atom stereocenters. The summed E-state index contributed by atoms with van der Waals surface area (Å²) in [7, 11) is 0. The maximum absolute atomic E-state index is 9.82. The largest absolute Gasteiger partial charge is 0.488 e. The van der Waals surface area contributed by atoms with E-state index in [4.69, 9.17) is 9.47 Å². The zero-order valence-corrected chi connectivity index (χ0v) is 12.3. The molecule has 0 aliphatic carbocycles. The second-order valence-corrected chi connectivity index (χ2v) is 5.48. The van der Waals surface area contributed by atoms with Crippen molar-refractivity contribution < 1.29 is 14.6 Å². The van der Waals surface area contributed by atoms with Crippen molar-refractivity contribution in [2.45, 2.75) is 18.6 Å². The van der Waals surface area contributed by atoms with Crippen LogP contribution < -0.4 is 14.8 Å². The highest BCUT2D eigenvalue weighted by Gasteiger charge is 2.21. The fourth-order valence-electron chi connectivity index (χ4n) is 2.24. The van der Waals surface area contributed by atoms with Gasteiger partial charge >= 0.3 is 0 Å². The van der Waals surface area contributed by atoms with Crippen LogP contribution in [-0.4, -0.2) is 45.8 Å². The van der Waals surface area contributed by atoms with Gasteiger partial charge in [0.05, 0.1) is 11.7 Å². The van der Waals surface area contributed by atoms with Crippen molar-refractivity contribution in [3.63, 3.8) is 0 Å². The molecule has 1 aliphatic heterocycles. The van der Waals surface area contributed by atoms with Gasteiger partial charge in [0, 0.05) is 19.5 Å². The molecule has 0 radical (unpaired) electrons. The van der Waals surface area contributed by atoms with Gasteiger partial charge in [0.15, 0.2) is 0 Å². The number of ether oxygens (including phenoxy) is 2. The van der Waals surface area contributed by atoms with Crippen molar-refractivity contribution in [1.29, 1.82) is 0 Å². The number of nitrogens with zero attached hydrogens (tertiary/aromatic N) is 2. The Hall–Kier alpha value is -1.70. The number of aliphatic hydroxyl groups excluding tert-OH is 1. The van der Waals surface area contributed by atoms with Gasteiger partial charge in [-0.15, -0.1) is 4.37 Å². The van der Waals surface area contributed by atoms with Crippen LogP contribution in [0.2, 0.25) is 0 Å². The Morgan fingerprint density at radius 2 is 2.38 bits per heavy atom. The maximum Gasteiger partial charge on any atom is 0.245 e. The predicted octanol–water partition coefficient (Wildman–Crippen LogP) is 0.871. The Morgan fingerprint density at radius 3 is 3.19 bits per heavy atom. The van der Waals surface area contributed by atoms with Crippen LogP contribution in [0.4, 0.5) is 0 Å². The van der Waals surface area contributed by atoms with Crippen LogP contribution in [0.1, 0.15) is 5.56 Å². The van der Waals surface area contributed by atoms with E-state index in [9.17, 15) is 5.11 Å². The molecule has 2 heterocycles. The first-order chi connectivity index (χ1) is 10.3. The van der Waals surface area contributed by atoms with Crippen molar-refractivity contribution in [2.24, 2.45) is 0 Å². The van der Waals surface area contributed by atoms with Crippen LogP contribution in [0.3, 0.4) is 0 Å². The van der Waals surface area contributed by atoms with Crippen molar-refractivity contribution in [3.05, 3.63) is 36.0 Å². The number of rotatable bonds is 7. The van der Waals surface area contributed by atoms with Gasteiger partial charge < -0.3 is 19.9 Å². The Kier molecular flexibility index (Phi) is 4.64. The van der Waals surface area contributed by atoms with E-state index < -0.39 is 6.10 Å². The molecule has 21 heavy (non-hydrogen) atoms. The minimum atomic E-state index is -0.588. The number of aliphatic hydroxyl groups is 1. The van der Waals surface area contributed by atoms with Crippen molar-refractivity contribution in [3.8, 4) is 11.6 Å². The predicted molar refractivity (Wildman–Crippen MR) is 78.8 cm³/mol. The Labute approximate surface area is 127 Å². The first-order valence-electron chi connectivity index (χ1n) is 6.85. The van der Waals surface area contributed by atoms with E-state index in [-0.39, 0.29) is 12.7 Å². The third kappa shape index (κ3) is 3.90. The summed E-state index contributed by atoms with van der Waals surface area (Å²) in [6, 6.07) is 8.06. The summed E-state index contributed by atoms with van der Waals surface area (Å²) in [6.45, 7) is 1.35. The molecular weight excluding hydrogens is 290 g/mol. The standard InChI is InChI=1S/C14H17N3O3S/c18-11(9-19-14-8-16-21-17-14)6-15-7-12-5-10-3-1-2-4-13(10)20-12/h1-4,8,11-12,15,18H,5-7,9H2. The third-order valence-corrected chi connectivity index (χ3v) is 3.69. The quantitative estimate of drug-likeness (QED) is 0.790. The highest BCUT2D eigenvalue weighted by atomic mass is 32.1. The molecule has 0 fully saturated rings. The molecule has 0 bridgehead atoms. The number of hydrogen-bond acceptors (Lipinski definition) is 7. The minimum Gasteiger partial charge on any atom is -0.488 e. The van der Waals surface area contributed by atoms with Gasteiger partial charge in [0.1, 0.15) is 30.8 Å². The molecule has 2 unspecified atom stereocenters. The average Bonchev–Trinajstić information content (AvgIpc) is 3.14. The van der Waals surface area contributed by atoms with E-state index in [0.717, 1.165) is 23.9 Å². The van der Waals surface area contributed by atoms with Crippen LogP contribution in [-0.2, 0) is 6.42 Å². The van der Waals surface area contributed by atoms with Crippen molar-refractivity contribution >= 4 is 11.7 Å². The normalized spacial score (nSPS) is 18.0. The van der Waals surface area contributed by atoms with Crippen LogP contribution in [0, 0.1) is 0 Å². The molecular formula is C14H17N3O3S. The Morgan fingerprint density at radius 1 is 1.48 bits per heavy atom. The van der Waals surface area contributed by atoms with E-state index in [1.54, 1.807) is 0 Å². The molecule has 0 spiro atoms. The topological polar surface area (TPSA) is 76.5 Å². The number of hydrogen-bond donors (Lipinski definition) is 2. The average molecular weight is 307 g/mol. The third-order valence-electron chi connectivity index (χ3n) is 3.23. The SMILES string of the molecule is OC(CNCC1Cc2ccccc2O1)COc1cnsn1. The molecule has 6 nitrogen and oxygen atoms in total. The summed E-state index contributed by atoms with van der Waals surface area (Å²) in [4.78, 5) is 0. The zero-order valence-electron chi connectivity index (χ0n) is 11.4. The molecule has 3 rings (SSSR count). The Bertz CT molecular complexity index is 539. The summed E-state index contributed by atoms with van der Waals surface area (Å²) in [5, 5.41) is 13.0. The van der Waals surface area contributed by atoms with Gasteiger partial charge in [0.25, 0.3) is 0 Å². The smallest absolute Gasteiger partial charge is 0.245 e. The number of para-hydroxylation sites is 1. The summed E-state index contributed by atoms with van der Waals surface area (Å²) in [6.07, 6.45) is 1.98. The van der Waals surface area contributed by atoms with E-state index >= 15 is 0 Å². The van der Waals surface area contributed by atoms with E-state index in [2.05, 4.69) is 20.1 Å². The lowest BCUT2D eigenvalue weighted by atomic mass is 10.1. The highest BCUT2D eigenvalue weighted by Crippen LogP contribution is 2.27. The number of aromatic nitrogens is 2. The maximum atomic E-state index is 9.82. The fourth-order valence-corrected chi connectivity index (χ4v) is 2.60. The summed E-state index contributed by atoms with van der Waals surface area (Å²) in [5.41, 5.74) is 1.24. The van der Waals surface area contributed by atoms with Gasteiger partial charge in [-0.25, -0.2) is 0 Å².